The van der Waals surface area contributed by atoms with Crippen LogP contribution in [-0.4, -0.2) is 35.6 Å². The molecule has 0 amide bonds. The third kappa shape index (κ3) is 3.99. The molecule has 0 bridgehead atoms. The van der Waals surface area contributed by atoms with Crippen molar-refractivity contribution in [2.45, 2.75) is 24.4 Å². The Bertz CT molecular complexity index is 1290. The van der Waals surface area contributed by atoms with Crippen LogP contribution in [0.5, 0.6) is 11.5 Å². The third-order valence-electron chi connectivity index (χ3n) is 6.38. The Morgan fingerprint density at radius 1 is 0.765 bits per heavy atom. The fourth-order valence-corrected chi connectivity index (χ4v) is 4.56. The van der Waals surface area contributed by atoms with Gasteiger partial charge >= 0.3 is 0 Å². The summed E-state index contributed by atoms with van der Waals surface area (Å²) in [5, 5.41) is 9.76. The average molecular weight is 476 g/mol. The van der Waals surface area contributed by atoms with Crippen molar-refractivity contribution in [3.05, 3.63) is 89.2 Å². The molecule has 1 aliphatic rings. The Balaban J connectivity index is 1.66. The second-order valence-electron chi connectivity index (χ2n) is 8.38. The van der Waals surface area contributed by atoms with Crippen LogP contribution >= 0.6 is 11.6 Å². The molecule has 1 fully saturated rings. The quantitative estimate of drug-likeness (QED) is 0.328. The number of methoxy groups -OCH3 is 2. The number of hydrogen-bond donors (Lipinski definition) is 0. The first-order chi connectivity index (χ1) is 16.5. The topological polar surface area (TPSA) is 57.1 Å². The SMILES string of the molecule is COc1ccc(-c2nnc([C@]3(c4ccc(Cl)cc4)C[C@@H](F)C3)nc2-c2ccc(OC)cc2)cc1. The Morgan fingerprint density at radius 2 is 1.29 bits per heavy atom. The van der Waals surface area contributed by atoms with Crippen molar-refractivity contribution in [1.29, 1.82) is 0 Å². The molecular weight excluding hydrogens is 453 g/mol. The minimum absolute atomic E-state index is 0.306. The number of nitrogens with zero attached hydrogens (tertiary/aromatic N) is 3. The zero-order chi connectivity index (χ0) is 23.7. The average Bonchev–Trinajstić information content (AvgIpc) is 2.87. The lowest BCUT2D eigenvalue weighted by Crippen LogP contribution is -2.45. The number of aromatic nitrogens is 3. The van der Waals surface area contributed by atoms with Crippen LogP contribution in [0.4, 0.5) is 4.39 Å². The number of hydrogen-bond acceptors (Lipinski definition) is 5. The molecule has 5 rings (SSSR count). The monoisotopic (exact) mass is 475 g/mol. The van der Waals surface area contributed by atoms with Crippen LogP contribution in [0.3, 0.4) is 0 Å². The summed E-state index contributed by atoms with van der Waals surface area (Å²) < 4.78 is 24.9. The molecule has 4 aromatic rings. The van der Waals surface area contributed by atoms with E-state index in [0.717, 1.165) is 28.2 Å². The first-order valence-electron chi connectivity index (χ1n) is 11.0. The van der Waals surface area contributed by atoms with Gasteiger partial charge in [-0.15, -0.1) is 10.2 Å². The van der Waals surface area contributed by atoms with E-state index in [4.69, 9.17) is 26.1 Å². The van der Waals surface area contributed by atoms with E-state index in [1.165, 1.54) is 0 Å². The van der Waals surface area contributed by atoms with Crippen molar-refractivity contribution in [2.24, 2.45) is 0 Å². The largest absolute Gasteiger partial charge is 0.497 e. The van der Waals surface area contributed by atoms with Crippen LogP contribution in [0, 0.1) is 0 Å². The molecule has 1 heterocycles. The van der Waals surface area contributed by atoms with E-state index in [1.807, 2.05) is 72.8 Å². The molecule has 0 unspecified atom stereocenters. The molecule has 172 valence electrons. The maximum atomic E-state index is 14.3. The van der Waals surface area contributed by atoms with E-state index in [0.29, 0.717) is 35.1 Å². The minimum Gasteiger partial charge on any atom is -0.497 e. The minimum atomic E-state index is -0.912. The van der Waals surface area contributed by atoms with Crippen molar-refractivity contribution in [3.8, 4) is 34.0 Å². The molecule has 0 saturated heterocycles. The van der Waals surface area contributed by atoms with Crippen molar-refractivity contribution >= 4 is 11.6 Å². The molecule has 1 saturated carbocycles. The molecule has 0 spiro atoms. The van der Waals surface area contributed by atoms with Gasteiger partial charge in [0.15, 0.2) is 5.82 Å². The van der Waals surface area contributed by atoms with Crippen LogP contribution in [0.15, 0.2) is 72.8 Å². The molecule has 7 heteroatoms. The molecule has 1 aliphatic carbocycles. The summed E-state index contributed by atoms with van der Waals surface area (Å²) in [5.41, 5.74) is 3.33. The maximum absolute atomic E-state index is 14.3. The lowest BCUT2D eigenvalue weighted by atomic mass is 9.62. The lowest BCUT2D eigenvalue weighted by molar-refractivity contribution is 0.116. The summed E-state index contributed by atoms with van der Waals surface area (Å²) in [5.74, 6) is 2.00. The smallest absolute Gasteiger partial charge is 0.162 e. The van der Waals surface area contributed by atoms with Gasteiger partial charge in [0, 0.05) is 16.1 Å². The Morgan fingerprint density at radius 3 is 1.79 bits per heavy atom. The van der Waals surface area contributed by atoms with Crippen LogP contribution in [0.1, 0.15) is 24.2 Å². The standard InChI is InChI=1S/C27H23ClFN3O2/c1-33-22-11-3-17(4-12-22)24-25(18-5-13-23(34-2)14-6-18)31-32-26(30-24)27(15-21(29)16-27)19-7-9-20(28)10-8-19/h3-14,21H,15-16H2,1-2H3/t21-,27-. The van der Waals surface area contributed by atoms with E-state index in [1.54, 1.807) is 14.2 Å². The summed E-state index contributed by atoms with van der Waals surface area (Å²) in [4.78, 5) is 5.00. The fraction of sp³-hybridized carbons (Fsp3) is 0.222. The summed E-state index contributed by atoms with van der Waals surface area (Å²) in [7, 11) is 3.25. The number of benzene rings is 3. The number of alkyl halides is 1. The molecule has 1 aromatic heterocycles. The molecule has 0 aliphatic heterocycles. The zero-order valence-electron chi connectivity index (χ0n) is 18.8. The summed E-state index contributed by atoms with van der Waals surface area (Å²) in [6.07, 6.45) is -0.300. The molecule has 0 radical (unpaired) electrons. The van der Waals surface area contributed by atoms with Gasteiger partial charge in [0.1, 0.15) is 29.1 Å². The van der Waals surface area contributed by atoms with Gasteiger partial charge in [0.25, 0.3) is 0 Å². The fourth-order valence-electron chi connectivity index (χ4n) is 4.43. The van der Waals surface area contributed by atoms with Crippen LogP contribution in [0.25, 0.3) is 22.5 Å². The molecule has 34 heavy (non-hydrogen) atoms. The molecule has 0 N–H and O–H groups in total. The second kappa shape index (κ2) is 9.03. The highest BCUT2D eigenvalue weighted by Gasteiger charge is 2.50. The predicted molar refractivity (Wildman–Crippen MR) is 130 cm³/mol. The van der Waals surface area contributed by atoms with Gasteiger partial charge in [-0.1, -0.05) is 23.7 Å². The van der Waals surface area contributed by atoms with Crippen molar-refractivity contribution < 1.29 is 13.9 Å². The summed E-state index contributed by atoms with van der Waals surface area (Å²) in [6.45, 7) is 0. The Hall–Kier alpha value is -3.51. The number of ether oxygens (including phenoxy) is 2. The highest BCUT2D eigenvalue weighted by Crippen LogP contribution is 2.49. The van der Waals surface area contributed by atoms with Crippen LogP contribution in [-0.2, 0) is 5.41 Å². The predicted octanol–water partition coefficient (Wildman–Crippen LogP) is 6.29. The van der Waals surface area contributed by atoms with Crippen molar-refractivity contribution in [1.82, 2.24) is 15.2 Å². The van der Waals surface area contributed by atoms with Gasteiger partial charge in [-0.3, -0.25) is 0 Å². The van der Waals surface area contributed by atoms with Gasteiger partial charge in [-0.25, -0.2) is 9.37 Å². The highest BCUT2D eigenvalue weighted by atomic mass is 35.5. The van der Waals surface area contributed by atoms with Crippen molar-refractivity contribution in [3.63, 3.8) is 0 Å². The summed E-state index contributed by atoms with van der Waals surface area (Å²) in [6, 6.07) is 22.7. The molecule has 5 nitrogen and oxygen atoms in total. The first kappa shape index (κ1) is 22.3. The molecule has 0 atom stereocenters. The van der Waals surface area contributed by atoms with Gasteiger partial charge in [-0.2, -0.15) is 0 Å². The summed E-state index contributed by atoms with van der Waals surface area (Å²) >= 11 is 6.10. The second-order valence-corrected chi connectivity index (χ2v) is 8.82. The Kier molecular flexibility index (Phi) is 5.92. The number of rotatable bonds is 6. The lowest BCUT2D eigenvalue weighted by Gasteiger charge is -2.43. The van der Waals surface area contributed by atoms with Gasteiger partial charge in [-0.05, 0) is 79.1 Å². The van der Waals surface area contributed by atoms with E-state index in [9.17, 15) is 4.39 Å². The van der Waals surface area contributed by atoms with Gasteiger partial charge in [0.2, 0.25) is 0 Å². The van der Waals surface area contributed by atoms with Gasteiger partial charge < -0.3 is 9.47 Å². The van der Waals surface area contributed by atoms with Crippen LogP contribution < -0.4 is 9.47 Å². The zero-order valence-corrected chi connectivity index (χ0v) is 19.6. The van der Waals surface area contributed by atoms with Gasteiger partial charge in [0.05, 0.1) is 19.6 Å². The normalized spacial score (nSPS) is 19.4. The molecule has 3 aromatic carbocycles. The third-order valence-corrected chi connectivity index (χ3v) is 6.63. The van der Waals surface area contributed by atoms with E-state index in [2.05, 4.69) is 10.2 Å². The Labute approximate surface area is 202 Å². The van der Waals surface area contributed by atoms with Crippen LogP contribution in [0.2, 0.25) is 5.02 Å². The number of halogens is 2. The van der Waals surface area contributed by atoms with Crippen molar-refractivity contribution in [2.75, 3.05) is 14.2 Å². The van der Waals surface area contributed by atoms with E-state index < -0.39 is 11.6 Å². The van der Waals surface area contributed by atoms with E-state index in [-0.39, 0.29) is 0 Å². The highest BCUT2D eigenvalue weighted by molar-refractivity contribution is 6.30. The maximum Gasteiger partial charge on any atom is 0.162 e. The van der Waals surface area contributed by atoms with E-state index >= 15 is 0 Å². The first-order valence-corrected chi connectivity index (χ1v) is 11.3. The molecular formula is C27H23ClFN3O2.